The number of rotatable bonds is 9. The second kappa shape index (κ2) is 8.82. The molecular formula is C13H27NO4. The van der Waals surface area contributed by atoms with Crippen LogP contribution in [0.15, 0.2) is 0 Å². The normalized spacial score (nSPS) is 25.5. The summed E-state index contributed by atoms with van der Waals surface area (Å²) in [7, 11) is 1.66. The zero-order chi connectivity index (χ0) is 13.3. The molecule has 0 aromatic heterocycles. The van der Waals surface area contributed by atoms with Crippen molar-refractivity contribution in [3.8, 4) is 0 Å². The molecule has 1 rings (SSSR count). The summed E-state index contributed by atoms with van der Waals surface area (Å²) in [5.74, 6) is 0. The molecular weight excluding hydrogens is 234 g/mol. The van der Waals surface area contributed by atoms with Crippen LogP contribution in [0.2, 0.25) is 0 Å². The number of hydrogen-bond acceptors (Lipinski definition) is 5. The fourth-order valence-electron chi connectivity index (χ4n) is 2.17. The van der Waals surface area contributed by atoms with Crippen molar-refractivity contribution < 1.29 is 19.3 Å². The van der Waals surface area contributed by atoms with E-state index in [1.54, 1.807) is 7.11 Å². The summed E-state index contributed by atoms with van der Waals surface area (Å²) in [5.41, 5.74) is -0.526. The Morgan fingerprint density at radius 3 is 2.44 bits per heavy atom. The lowest BCUT2D eigenvalue weighted by molar-refractivity contribution is -0.0281. The summed E-state index contributed by atoms with van der Waals surface area (Å²) in [4.78, 5) is 2.26. The van der Waals surface area contributed by atoms with Crippen LogP contribution in [0.25, 0.3) is 0 Å². The Hall–Kier alpha value is -0.200. The Morgan fingerprint density at radius 1 is 1.11 bits per heavy atom. The molecule has 1 atom stereocenters. The van der Waals surface area contributed by atoms with E-state index in [2.05, 4.69) is 4.90 Å². The average molecular weight is 261 g/mol. The predicted molar refractivity (Wildman–Crippen MR) is 69.8 cm³/mol. The Labute approximate surface area is 110 Å². The van der Waals surface area contributed by atoms with E-state index in [4.69, 9.17) is 14.2 Å². The lowest BCUT2D eigenvalue weighted by Crippen LogP contribution is -2.47. The molecule has 0 saturated carbocycles. The summed E-state index contributed by atoms with van der Waals surface area (Å²) in [6, 6.07) is 0. The van der Waals surface area contributed by atoms with Gasteiger partial charge in [0.15, 0.2) is 0 Å². The van der Waals surface area contributed by atoms with Crippen molar-refractivity contribution >= 4 is 0 Å². The molecule has 1 aliphatic rings. The first-order chi connectivity index (χ1) is 8.64. The molecule has 1 saturated heterocycles. The topological polar surface area (TPSA) is 51.2 Å². The summed E-state index contributed by atoms with van der Waals surface area (Å²) in [6.45, 7) is 7.78. The Balaban J connectivity index is 1.91. The monoisotopic (exact) mass is 261 g/mol. The van der Waals surface area contributed by atoms with E-state index < -0.39 is 5.60 Å². The molecule has 1 N–H and O–H groups in total. The molecule has 1 unspecified atom stereocenters. The fraction of sp³-hybridized carbons (Fsp3) is 1.00. The van der Waals surface area contributed by atoms with Crippen LogP contribution in [0, 0.1) is 0 Å². The van der Waals surface area contributed by atoms with Gasteiger partial charge in [-0.15, -0.1) is 0 Å². The van der Waals surface area contributed by atoms with Crippen LogP contribution in [0.5, 0.6) is 0 Å². The molecule has 1 heterocycles. The van der Waals surface area contributed by atoms with Gasteiger partial charge in [0.05, 0.1) is 38.6 Å². The number of piperidine rings is 1. The molecule has 0 aromatic rings. The van der Waals surface area contributed by atoms with Gasteiger partial charge in [-0.2, -0.15) is 0 Å². The molecule has 5 nitrogen and oxygen atoms in total. The molecule has 1 fully saturated rings. The zero-order valence-corrected chi connectivity index (χ0v) is 11.7. The van der Waals surface area contributed by atoms with Crippen LogP contribution < -0.4 is 0 Å². The van der Waals surface area contributed by atoms with Gasteiger partial charge in [-0.1, -0.05) is 0 Å². The van der Waals surface area contributed by atoms with Crippen LogP contribution in [0.1, 0.15) is 19.8 Å². The van der Waals surface area contributed by atoms with E-state index in [1.165, 1.54) is 0 Å². The fourth-order valence-corrected chi connectivity index (χ4v) is 2.17. The van der Waals surface area contributed by atoms with Gasteiger partial charge in [0, 0.05) is 20.2 Å². The smallest absolute Gasteiger partial charge is 0.0746 e. The summed E-state index contributed by atoms with van der Waals surface area (Å²) in [6.07, 6.45) is 1.96. The number of β-amino-alcohol motifs (C(OH)–C–C–N with tert-alkyl or cyclic N) is 1. The van der Waals surface area contributed by atoms with Crippen LogP contribution in [-0.2, 0) is 14.2 Å². The van der Waals surface area contributed by atoms with Gasteiger partial charge in [-0.3, -0.25) is 4.90 Å². The van der Waals surface area contributed by atoms with Gasteiger partial charge in [0.25, 0.3) is 0 Å². The van der Waals surface area contributed by atoms with Crippen molar-refractivity contribution in [1.29, 1.82) is 0 Å². The van der Waals surface area contributed by atoms with Gasteiger partial charge in [-0.25, -0.2) is 0 Å². The molecule has 108 valence electrons. The first-order valence-corrected chi connectivity index (χ1v) is 6.73. The highest BCUT2D eigenvalue weighted by atomic mass is 16.5. The number of methoxy groups -OCH3 is 1. The van der Waals surface area contributed by atoms with E-state index in [0.717, 1.165) is 32.5 Å². The minimum atomic E-state index is -0.526. The van der Waals surface area contributed by atoms with E-state index in [1.807, 2.05) is 6.92 Å². The third kappa shape index (κ3) is 7.28. The highest BCUT2D eigenvalue weighted by Gasteiger charge is 2.27. The van der Waals surface area contributed by atoms with Crippen LogP contribution in [-0.4, -0.2) is 75.4 Å². The van der Waals surface area contributed by atoms with E-state index in [0.29, 0.717) is 33.0 Å². The Morgan fingerprint density at radius 2 is 1.78 bits per heavy atom. The van der Waals surface area contributed by atoms with E-state index in [9.17, 15) is 5.11 Å². The van der Waals surface area contributed by atoms with E-state index >= 15 is 0 Å². The first kappa shape index (κ1) is 15.9. The molecule has 0 amide bonds. The summed E-state index contributed by atoms with van der Waals surface area (Å²) in [5, 5.41) is 9.95. The second-order valence-corrected chi connectivity index (χ2v) is 5.09. The van der Waals surface area contributed by atoms with Crippen LogP contribution >= 0.6 is 0 Å². The maximum absolute atomic E-state index is 9.95. The van der Waals surface area contributed by atoms with Gasteiger partial charge in [0.1, 0.15) is 0 Å². The number of ether oxygens (including phenoxy) is 3. The standard InChI is InChI=1S/C13H27NO4/c1-13(15)4-3-5-14(12-13)6-7-17-10-11-18-9-8-16-2/h15H,3-12H2,1-2H3. The lowest BCUT2D eigenvalue weighted by Gasteiger charge is -2.36. The van der Waals surface area contributed by atoms with Gasteiger partial charge in [-0.05, 0) is 26.3 Å². The van der Waals surface area contributed by atoms with Gasteiger partial charge < -0.3 is 19.3 Å². The SMILES string of the molecule is COCCOCCOCCN1CCCC(C)(O)C1. The van der Waals surface area contributed by atoms with Gasteiger partial charge in [0.2, 0.25) is 0 Å². The molecule has 0 bridgehead atoms. The van der Waals surface area contributed by atoms with Crippen molar-refractivity contribution in [3.63, 3.8) is 0 Å². The largest absolute Gasteiger partial charge is 0.389 e. The zero-order valence-electron chi connectivity index (χ0n) is 11.7. The number of likely N-dealkylation sites (tertiary alicyclic amines) is 1. The summed E-state index contributed by atoms with van der Waals surface area (Å²) < 4.78 is 15.7. The third-order valence-corrected chi connectivity index (χ3v) is 3.11. The van der Waals surface area contributed by atoms with Crippen molar-refractivity contribution in [3.05, 3.63) is 0 Å². The summed E-state index contributed by atoms with van der Waals surface area (Å²) >= 11 is 0. The molecule has 0 aliphatic carbocycles. The number of hydrogen-bond donors (Lipinski definition) is 1. The predicted octanol–water partition coefficient (Wildman–Crippen LogP) is 0.513. The molecule has 1 aliphatic heterocycles. The quantitative estimate of drug-likeness (QED) is 0.613. The van der Waals surface area contributed by atoms with Crippen molar-refractivity contribution in [1.82, 2.24) is 4.90 Å². The molecule has 0 radical (unpaired) electrons. The maximum atomic E-state index is 9.95. The van der Waals surface area contributed by atoms with Crippen molar-refractivity contribution in [2.45, 2.75) is 25.4 Å². The van der Waals surface area contributed by atoms with Crippen molar-refractivity contribution in [2.75, 3.05) is 59.8 Å². The van der Waals surface area contributed by atoms with Gasteiger partial charge >= 0.3 is 0 Å². The molecule has 0 spiro atoms. The lowest BCUT2D eigenvalue weighted by atomic mass is 9.95. The Bertz CT molecular complexity index is 211. The van der Waals surface area contributed by atoms with Crippen LogP contribution in [0.4, 0.5) is 0 Å². The number of nitrogens with zero attached hydrogens (tertiary/aromatic N) is 1. The number of aliphatic hydroxyl groups is 1. The highest BCUT2D eigenvalue weighted by Crippen LogP contribution is 2.19. The average Bonchev–Trinajstić information content (AvgIpc) is 2.31. The molecule has 0 aromatic carbocycles. The minimum absolute atomic E-state index is 0.526. The minimum Gasteiger partial charge on any atom is -0.389 e. The molecule has 5 heteroatoms. The van der Waals surface area contributed by atoms with E-state index in [-0.39, 0.29) is 0 Å². The third-order valence-electron chi connectivity index (χ3n) is 3.11. The first-order valence-electron chi connectivity index (χ1n) is 6.73. The molecule has 18 heavy (non-hydrogen) atoms. The van der Waals surface area contributed by atoms with Crippen molar-refractivity contribution in [2.24, 2.45) is 0 Å². The van der Waals surface area contributed by atoms with Crippen LogP contribution in [0.3, 0.4) is 0 Å². The maximum Gasteiger partial charge on any atom is 0.0746 e. The Kier molecular flexibility index (Phi) is 7.77. The highest BCUT2D eigenvalue weighted by molar-refractivity contribution is 4.82. The second-order valence-electron chi connectivity index (χ2n) is 5.09.